The van der Waals surface area contributed by atoms with Crippen molar-refractivity contribution < 1.29 is 14.3 Å². The standard InChI is InChI=1S/C13H14N2O2S.C9H12O/c1-2-4-9-8(5-3-6-10(9)14)7-11-12(16)15-13(17)18-11;1-3-8-4-6-9(10-2)7-5-8/h2-6,11H,7,14H2,1H3,(H,15,16,17);4-7H,3H2,1-2H3/b4-2-;. The molecule has 1 heterocycles. The van der Waals surface area contributed by atoms with E-state index >= 15 is 0 Å². The van der Waals surface area contributed by atoms with Gasteiger partial charge in [0.2, 0.25) is 5.91 Å². The second-order valence-electron chi connectivity index (χ2n) is 6.21. The zero-order valence-corrected chi connectivity index (χ0v) is 17.2. The van der Waals surface area contributed by atoms with Crippen LogP contribution in [0.15, 0.2) is 48.5 Å². The maximum Gasteiger partial charge on any atom is 0.286 e. The summed E-state index contributed by atoms with van der Waals surface area (Å²) in [5, 5.41) is 1.65. The third-order valence-corrected chi connectivity index (χ3v) is 5.28. The first-order chi connectivity index (χ1) is 13.5. The number of benzene rings is 2. The summed E-state index contributed by atoms with van der Waals surface area (Å²) in [6, 6.07) is 13.8. The fraction of sp³-hybridized carbons (Fsp3) is 0.273. The van der Waals surface area contributed by atoms with E-state index < -0.39 is 0 Å². The van der Waals surface area contributed by atoms with Crippen LogP contribution in [0, 0.1) is 0 Å². The van der Waals surface area contributed by atoms with Crippen molar-refractivity contribution >= 4 is 34.7 Å². The highest BCUT2D eigenvalue weighted by Gasteiger charge is 2.31. The molecule has 1 aliphatic heterocycles. The number of anilines is 1. The van der Waals surface area contributed by atoms with Gasteiger partial charge in [-0.2, -0.15) is 0 Å². The van der Waals surface area contributed by atoms with Crippen molar-refractivity contribution in [2.75, 3.05) is 12.8 Å². The Morgan fingerprint density at radius 2 is 1.89 bits per heavy atom. The Labute approximate surface area is 170 Å². The van der Waals surface area contributed by atoms with Gasteiger partial charge in [-0.15, -0.1) is 0 Å². The van der Waals surface area contributed by atoms with Crippen LogP contribution in [0.2, 0.25) is 0 Å². The van der Waals surface area contributed by atoms with Crippen molar-refractivity contribution in [2.24, 2.45) is 0 Å². The molecule has 0 bridgehead atoms. The molecule has 2 aromatic rings. The van der Waals surface area contributed by atoms with E-state index in [0.717, 1.165) is 35.1 Å². The molecular formula is C22H26N2O3S. The minimum atomic E-state index is -0.358. The zero-order valence-electron chi connectivity index (χ0n) is 16.4. The number of nitrogen functional groups attached to an aromatic ring is 1. The number of hydrogen-bond acceptors (Lipinski definition) is 5. The topological polar surface area (TPSA) is 81.4 Å². The molecular weight excluding hydrogens is 372 g/mol. The summed E-state index contributed by atoms with van der Waals surface area (Å²) in [5.41, 5.74) is 9.85. The van der Waals surface area contributed by atoms with Gasteiger partial charge in [-0.3, -0.25) is 14.9 Å². The van der Waals surface area contributed by atoms with E-state index in [1.807, 2.05) is 49.4 Å². The lowest BCUT2D eigenvalue weighted by molar-refractivity contribution is -0.118. The molecule has 0 aliphatic carbocycles. The smallest absolute Gasteiger partial charge is 0.286 e. The van der Waals surface area contributed by atoms with Crippen LogP contribution in [0.4, 0.5) is 10.5 Å². The van der Waals surface area contributed by atoms with Gasteiger partial charge in [0, 0.05) is 11.3 Å². The highest BCUT2D eigenvalue weighted by Crippen LogP contribution is 2.27. The molecule has 5 nitrogen and oxygen atoms in total. The molecule has 28 heavy (non-hydrogen) atoms. The molecule has 1 aliphatic rings. The van der Waals surface area contributed by atoms with Gasteiger partial charge in [-0.25, -0.2) is 0 Å². The summed E-state index contributed by atoms with van der Waals surface area (Å²) in [6.07, 6.45) is 5.42. The number of hydrogen-bond donors (Lipinski definition) is 2. The fourth-order valence-electron chi connectivity index (χ4n) is 2.77. The minimum absolute atomic E-state index is 0.223. The highest BCUT2D eigenvalue weighted by atomic mass is 32.2. The molecule has 1 atom stereocenters. The van der Waals surface area contributed by atoms with Crippen LogP contribution in [0.25, 0.3) is 6.08 Å². The van der Waals surface area contributed by atoms with Crippen molar-refractivity contribution in [3.05, 3.63) is 65.2 Å². The van der Waals surface area contributed by atoms with E-state index in [1.54, 1.807) is 7.11 Å². The number of carbonyl (C=O) groups excluding carboxylic acids is 2. The Kier molecular flexibility index (Phi) is 8.14. The summed E-state index contributed by atoms with van der Waals surface area (Å²) < 4.78 is 5.01. The molecule has 1 unspecified atom stereocenters. The fourth-order valence-corrected chi connectivity index (χ4v) is 3.62. The lowest BCUT2D eigenvalue weighted by Crippen LogP contribution is -2.25. The molecule has 1 saturated heterocycles. The van der Waals surface area contributed by atoms with Crippen molar-refractivity contribution in [3.8, 4) is 5.75 Å². The molecule has 2 amide bonds. The maximum atomic E-state index is 11.5. The van der Waals surface area contributed by atoms with Gasteiger partial charge in [0.1, 0.15) is 5.75 Å². The Balaban J connectivity index is 0.000000237. The van der Waals surface area contributed by atoms with Crippen LogP contribution in [0.3, 0.4) is 0 Å². The average Bonchev–Trinajstić information content (AvgIpc) is 3.02. The number of ether oxygens (including phenoxy) is 1. The van der Waals surface area contributed by atoms with Gasteiger partial charge >= 0.3 is 0 Å². The van der Waals surface area contributed by atoms with Gasteiger partial charge in [-0.1, -0.05) is 55.1 Å². The number of allylic oxidation sites excluding steroid dienone is 1. The van der Waals surface area contributed by atoms with Gasteiger partial charge < -0.3 is 10.5 Å². The summed E-state index contributed by atoms with van der Waals surface area (Å²) >= 11 is 1.04. The third kappa shape index (κ3) is 5.89. The zero-order chi connectivity index (χ0) is 20.5. The maximum absolute atomic E-state index is 11.5. The van der Waals surface area contributed by atoms with Gasteiger partial charge in [0.15, 0.2) is 0 Å². The molecule has 1 fully saturated rings. The monoisotopic (exact) mass is 398 g/mol. The number of nitrogens with one attached hydrogen (secondary N) is 1. The third-order valence-electron chi connectivity index (χ3n) is 4.30. The first-order valence-corrected chi connectivity index (χ1v) is 10.0. The average molecular weight is 399 g/mol. The normalized spacial score (nSPS) is 15.9. The van der Waals surface area contributed by atoms with Gasteiger partial charge in [0.25, 0.3) is 5.24 Å². The summed E-state index contributed by atoms with van der Waals surface area (Å²) in [7, 11) is 1.68. The first kappa shape index (κ1) is 21.6. The van der Waals surface area contributed by atoms with E-state index in [0.29, 0.717) is 12.1 Å². The van der Waals surface area contributed by atoms with Crippen molar-refractivity contribution in [1.29, 1.82) is 0 Å². The van der Waals surface area contributed by atoms with E-state index in [2.05, 4.69) is 24.4 Å². The largest absolute Gasteiger partial charge is 0.497 e. The number of methoxy groups -OCH3 is 1. The van der Waals surface area contributed by atoms with Gasteiger partial charge in [-0.05, 0) is 49.1 Å². The van der Waals surface area contributed by atoms with E-state index in [9.17, 15) is 9.59 Å². The molecule has 0 saturated carbocycles. The second kappa shape index (κ2) is 10.6. The molecule has 6 heteroatoms. The predicted octanol–water partition coefficient (Wildman–Crippen LogP) is 4.45. The summed E-state index contributed by atoms with van der Waals surface area (Å²) in [6.45, 7) is 4.05. The molecule has 0 aromatic heterocycles. The number of carbonyl (C=O) groups is 2. The van der Waals surface area contributed by atoms with E-state index in [-0.39, 0.29) is 16.4 Å². The Morgan fingerprint density at radius 3 is 2.43 bits per heavy atom. The predicted molar refractivity (Wildman–Crippen MR) is 117 cm³/mol. The van der Waals surface area contributed by atoms with Crippen LogP contribution < -0.4 is 15.8 Å². The Hall–Kier alpha value is -2.73. The Bertz CT molecular complexity index is 824. The summed E-state index contributed by atoms with van der Waals surface area (Å²) in [5.74, 6) is 0.705. The molecule has 0 spiro atoms. The second-order valence-corrected chi connectivity index (χ2v) is 7.38. The molecule has 148 valence electrons. The van der Waals surface area contributed by atoms with Crippen LogP contribution in [0.1, 0.15) is 30.5 Å². The van der Waals surface area contributed by atoms with Crippen molar-refractivity contribution in [3.63, 3.8) is 0 Å². The SMILES string of the molecule is C/C=C\c1c(N)cccc1CC1SC(=O)NC1=O.CCc1ccc(OC)cc1. The molecule has 3 N–H and O–H groups in total. The number of nitrogens with two attached hydrogens (primary N) is 1. The number of aryl methyl sites for hydroxylation is 1. The minimum Gasteiger partial charge on any atom is -0.497 e. The molecule has 2 aromatic carbocycles. The van der Waals surface area contributed by atoms with Crippen LogP contribution >= 0.6 is 11.8 Å². The molecule has 0 radical (unpaired) electrons. The number of rotatable bonds is 5. The molecule has 3 rings (SSSR count). The van der Waals surface area contributed by atoms with Gasteiger partial charge in [0.05, 0.1) is 12.4 Å². The van der Waals surface area contributed by atoms with Crippen molar-refractivity contribution in [1.82, 2.24) is 5.32 Å². The van der Waals surface area contributed by atoms with Crippen LogP contribution in [0.5, 0.6) is 5.75 Å². The number of amides is 2. The van der Waals surface area contributed by atoms with Crippen LogP contribution in [-0.2, 0) is 17.6 Å². The first-order valence-electron chi connectivity index (χ1n) is 9.13. The summed E-state index contributed by atoms with van der Waals surface area (Å²) in [4.78, 5) is 22.7. The Morgan fingerprint density at radius 1 is 1.18 bits per heavy atom. The van der Waals surface area contributed by atoms with E-state index in [4.69, 9.17) is 10.5 Å². The number of imide groups is 1. The highest BCUT2D eigenvalue weighted by molar-refractivity contribution is 8.15. The van der Waals surface area contributed by atoms with E-state index in [1.165, 1.54) is 5.56 Å². The van der Waals surface area contributed by atoms with Crippen molar-refractivity contribution in [2.45, 2.75) is 31.9 Å². The number of thioether (sulfide) groups is 1. The van der Waals surface area contributed by atoms with Crippen LogP contribution in [-0.4, -0.2) is 23.5 Å². The quantitative estimate of drug-likeness (QED) is 0.727. The lowest BCUT2D eigenvalue weighted by Gasteiger charge is -2.11. The lowest BCUT2D eigenvalue weighted by atomic mass is 10.0.